The van der Waals surface area contributed by atoms with Crippen molar-refractivity contribution in [2.45, 2.75) is 38.3 Å². The molecule has 2 saturated heterocycles. The number of amides is 2. The standard InChI is InChI=1S/C17H27N5O2/c1-11-6-7-18-9-14(11)20-17(24)13-4-5-15(23)22(3)16(13)12-8-19-21(2)10-12/h8,10-11,13-14,16,18H,4-7,9H2,1-3H3,(H,20,24). The molecule has 0 saturated carbocycles. The number of aromatic nitrogens is 2. The van der Waals surface area contributed by atoms with E-state index >= 15 is 0 Å². The second-order valence-corrected chi connectivity index (χ2v) is 7.13. The molecule has 0 radical (unpaired) electrons. The predicted molar refractivity (Wildman–Crippen MR) is 90.0 cm³/mol. The number of aryl methyl sites for hydroxylation is 1. The molecular weight excluding hydrogens is 306 g/mol. The van der Waals surface area contributed by atoms with Crippen LogP contribution >= 0.6 is 0 Å². The van der Waals surface area contributed by atoms with Crippen molar-refractivity contribution in [3.63, 3.8) is 0 Å². The molecule has 7 heteroatoms. The fourth-order valence-electron chi connectivity index (χ4n) is 3.83. The molecule has 2 fully saturated rings. The number of nitrogens with one attached hydrogen (secondary N) is 2. The van der Waals surface area contributed by atoms with E-state index in [9.17, 15) is 9.59 Å². The summed E-state index contributed by atoms with van der Waals surface area (Å²) >= 11 is 0. The highest BCUT2D eigenvalue weighted by Gasteiger charge is 2.40. The van der Waals surface area contributed by atoms with Crippen molar-refractivity contribution in [1.82, 2.24) is 25.3 Å². The molecule has 3 heterocycles. The molecular formula is C17H27N5O2. The Hall–Kier alpha value is -1.89. The summed E-state index contributed by atoms with van der Waals surface area (Å²) < 4.78 is 1.71. The molecule has 132 valence electrons. The summed E-state index contributed by atoms with van der Waals surface area (Å²) in [6, 6.07) is -0.0875. The van der Waals surface area contributed by atoms with Crippen LogP contribution in [0.25, 0.3) is 0 Å². The second kappa shape index (κ2) is 6.93. The number of hydrogen-bond acceptors (Lipinski definition) is 4. The van der Waals surface area contributed by atoms with Crippen LogP contribution in [-0.4, -0.2) is 52.7 Å². The van der Waals surface area contributed by atoms with Crippen molar-refractivity contribution in [2.75, 3.05) is 20.1 Å². The Bertz CT molecular complexity index is 614. The molecule has 0 aliphatic carbocycles. The Labute approximate surface area is 142 Å². The maximum Gasteiger partial charge on any atom is 0.225 e. The van der Waals surface area contributed by atoms with Gasteiger partial charge in [-0.15, -0.1) is 0 Å². The fraction of sp³-hybridized carbons (Fsp3) is 0.706. The zero-order valence-corrected chi connectivity index (χ0v) is 14.7. The van der Waals surface area contributed by atoms with E-state index in [1.807, 2.05) is 13.2 Å². The van der Waals surface area contributed by atoms with Gasteiger partial charge in [-0.2, -0.15) is 5.10 Å². The molecule has 2 aliphatic heterocycles. The maximum atomic E-state index is 13.0. The van der Waals surface area contributed by atoms with Gasteiger partial charge in [0.25, 0.3) is 0 Å². The molecule has 4 unspecified atom stereocenters. The Balaban J connectivity index is 1.78. The summed E-state index contributed by atoms with van der Waals surface area (Å²) in [5.74, 6) is 0.366. The third-order valence-electron chi connectivity index (χ3n) is 5.42. The fourth-order valence-corrected chi connectivity index (χ4v) is 3.83. The molecule has 0 bridgehead atoms. The monoisotopic (exact) mass is 333 g/mol. The summed E-state index contributed by atoms with van der Waals surface area (Å²) in [5, 5.41) is 10.8. The van der Waals surface area contributed by atoms with Gasteiger partial charge in [-0.3, -0.25) is 14.3 Å². The van der Waals surface area contributed by atoms with Gasteiger partial charge in [0.1, 0.15) is 0 Å². The molecule has 3 rings (SSSR count). The van der Waals surface area contributed by atoms with Crippen molar-refractivity contribution in [3.8, 4) is 0 Å². The van der Waals surface area contributed by atoms with E-state index in [1.54, 1.807) is 22.8 Å². The lowest BCUT2D eigenvalue weighted by Crippen LogP contribution is -2.54. The third kappa shape index (κ3) is 3.31. The summed E-state index contributed by atoms with van der Waals surface area (Å²) in [4.78, 5) is 26.8. The van der Waals surface area contributed by atoms with Crippen molar-refractivity contribution in [1.29, 1.82) is 0 Å². The normalized spacial score (nSPS) is 31.1. The molecule has 1 aromatic rings. The van der Waals surface area contributed by atoms with E-state index in [2.05, 4.69) is 22.7 Å². The largest absolute Gasteiger partial charge is 0.352 e. The first-order valence-electron chi connectivity index (χ1n) is 8.72. The molecule has 2 aliphatic rings. The maximum absolute atomic E-state index is 13.0. The van der Waals surface area contributed by atoms with Gasteiger partial charge in [-0.1, -0.05) is 6.92 Å². The minimum absolute atomic E-state index is 0.0451. The van der Waals surface area contributed by atoms with Crippen molar-refractivity contribution >= 4 is 11.8 Å². The first-order chi connectivity index (χ1) is 11.5. The number of nitrogens with zero attached hydrogens (tertiary/aromatic N) is 3. The van der Waals surface area contributed by atoms with Gasteiger partial charge < -0.3 is 15.5 Å². The Morgan fingerprint density at radius 1 is 1.38 bits per heavy atom. The lowest BCUT2D eigenvalue weighted by atomic mass is 9.84. The Kier molecular flexibility index (Phi) is 4.89. The molecule has 7 nitrogen and oxygen atoms in total. The number of rotatable bonds is 3. The van der Waals surface area contributed by atoms with Gasteiger partial charge in [0.05, 0.1) is 18.2 Å². The SMILES string of the molecule is CC1CCNCC1NC(=O)C1CCC(=O)N(C)C1c1cnn(C)c1. The molecule has 0 aromatic carbocycles. The quantitative estimate of drug-likeness (QED) is 0.841. The third-order valence-corrected chi connectivity index (χ3v) is 5.42. The minimum Gasteiger partial charge on any atom is -0.352 e. The Morgan fingerprint density at radius 3 is 2.83 bits per heavy atom. The van der Waals surface area contributed by atoms with E-state index in [-0.39, 0.29) is 29.8 Å². The van der Waals surface area contributed by atoms with Crippen LogP contribution in [0.4, 0.5) is 0 Å². The van der Waals surface area contributed by atoms with Gasteiger partial charge in [0.15, 0.2) is 0 Å². The van der Waals surface area contributed by atoms with Crippen molar-refractivity contribution in [2.24, 2.45) is 18.9 Å². The molecule has 24 heavy (non-hydrogen) atoms. The van der Waals surface area contributed by atoms with Crippen LogP contribution in [-0.2, 0) is 16.6 Å². The molecule has 4 atom stereocenters. The number of likely N-dealkylation sites (tertiary alicyclic amines) is 1. The number of piperidine rings is 2. The first-order valence-corrected chi connectivity index (χ1v) is 8.72. The topological polar surface area (TPSA) is 79.3 Å². The van der Waals surface area contributed by atoms with Gasteiger partial charge in [0.2, 0.25) is 11.8 Å². The second-order valence-electron chi connectivity index (χ2n) is 7.13. The Morgan fingerprint density at radius 2 is 2.17 bits per heavy atom. The minimum atomic E-state index is -0.244. The molecule has 1 aromatic heterocycles. The van der Waals surface area contributed by atoms with Crippen molar-refractivity contribution in [3.05, 3.63) is 18.0 Å². The van der Waals surface area contributed by atoms with Gasteiger partial charge in [0, 0.05) is 44.9 Å². The predicted octanol–water partition coefficient (Wildman–Crippen LogP) is 0.444. The lowest BCUT2D eigenvalue weighted by Gasteiger charge is -2.39. The highest BCUT2D eigenvalue weighted by atomic mass is 16.2. The number of carbonyl (C=O) groups is 2. The highest BCUT2D eigenvalue weighted by Crippen LogP contribution is 2.35. The van der Waals surface area contributed by atoms with Crippen LogP contribution in [0.1, 0.15) is 37.8 Å². The molecule has 2 amide bonds. The first kappa shape index (κ1) is 17.0. The van der Waals surface area contributed by atoms with Gasteiger partial charge in [-0.05, 0) is 25.3 Å². The zero-order chi connectivity index (χ0) is 17.3. The molecule has 2 N–H and O–H groups in total. The van der Waals surface area contributed by atoms with E-state index in [1.165, 1.54) is 0 Å². The summed E-state index contributed by atoms with van der Waals surface area (Å²) in [7, 11) is 3.63. The van der Waals surface area contributed by atoms with Crippen LogP contribution in [0.5, 0.6) is 0 Å². The number of hydrogen-bond donors (Lipinski definition) is 2. The van der Waals surface area contributed by atoms with Gasteiger partial charge in [-0.25, -0.2) is 0 Å². The van der Waals surface area contributed by atoms with Crippen molar-refractivity contribution < 1.29 is 9.59 Å². The summed E-state index contributed by atoms with van der Waals surface area (Å²) in [5.41, 5.74) is 0.919. The lowest BCUT2D eigenvalue weighted by molar-refractivity contribution is -0.142. The van der Waals surface area contributed by atoms with Crippen LogP contribution in [0, 0.1) is 11.8 Å². The smallest absolute Gasteiger partial charge is 0.225 e. The molecule has 0 spiro atoms. The van der Waals surface area contributed by atoms with E-state index in [0.717, 1.165) is 25.1 Å². The highest BCUT2D eigenvalue weighted by molar-refractivity contribution is 5.85. The average molecular weight is 333 g/mol. The summed E-state index contributed by atoms with van der Waals surface area (Å²) in [6.45, 7) is 4.00. The van der Waals surface area contributed by atoms with E-state index < -0.39 is 0 Å². The average Bonchev–Trinajstić information content (AvgIpc) is 2.98. The van der Waals surface area contributed by atoms with Crippen LogP contribution in [0.2, 0.25) is 0 Å². The van der Waals surface area contributed by atoms with Gasteiger partial charge >= 0.3 is 0 Å². The van der Waals surface area contributed by atoms with Crippen LogP contribution in [0.15, 0.2) is 12.4 Å². The van der Waals surface area contributed by atoms with E-state index in [0.29, 0.717) is 18.8 Å². The summed E-state index contributed by atoms with van der Waals surface area (Å²) in [6.07, 6.45) is 5.72. The van der Waals surface area contributed by atoms with E-state index in [4.69, 9.17) is 0 Å². The van der Waals surface area contributed by atoms with Crippen LogP contribution in [0.3, 0.4) is 0 Å². The van der Waals surface area contributed by atoms with Crippen LogP contribution < -0.4 is 10.6 Å². The number of carbonyl (C=O) groups excluding carboxylic acids is 2. The zero-order valence-electron chi connectivity index (χ0n) is 14.7.